The van der Waals surface area contributed by atoms with Crippen molar-refractivity contribution in [2.24, 2.45) is 0 Å². The van der Waals surface area contributed by atoms with Gasteiger partial charge >= 0.3 is 0 Å². The number of para-hydroxylation sites is 1. The van der Waals surface area contributed by atoms with Gasteiger partial charge in [-0.3, -0.25) is 4.98 Å². The summed E-state index contributed by atoms with van der Waals surface area (Å²) in [6.07, 6.45) is 3.76. The first-order valence-corrected chi connectivity index (χ1v) is 15.5. The van der Waals surface area contributed by atoms with Crippen LogP contribution in [-0.4, -0.2) is 4.98 Å². The SMILES string of the molecule is c1ccc2c(-c3ccc(N(c4ccc(-c5cccc6ccccc56)cc4)c4cncc5oc6ccccc6c45)cc3)cccc2c1. The van der Waals surface area contributed by atoms with E-state index in [1.807, 2.05) is 24.5 Å². The summed E-state index contributed by atoms with van der Waals surface area (Å²) in [6, 6.07) is 56.0. The third-order valence-corrected chi connectivity index (χ3v) is 8.96. The van der Waals surface area contributed by atoms with E-state index in [1.165, 1.54) is 43.8 Å². The molecule has 0 amide bonds. The van der Waals surface area contributed by atoms with E-state index in [0.717, 1.165) is 39.0 Å². The summed E-state index contributed by atoms with van der Waals surface area (Å²) in [5.41, 5.74) is 9.48. The highest BCUT2D eigenvalue weighted by Crippen LogP contribution is 2.43. The number of aromatic nitrogens is 1. The smallest absolute Gasteiger partial charge is 0.155 e. The maximum atomic E-state index is 6.26. The van der Waals surface area contributed by atoms with Gasteiger partial charge in [0.25, 0.3) is 0 Å². The number of rotatable bonds is 5. The summed E-state index contributed by atoms with van der Waals surface area (Å²) >= 11 is 0. The molecule has 2 aromatic heterocycles. The minimum Gasteiger partial charge on any atom is -0.454 e. The molecule has 0 atom stereocenters. The summed E-state index contributed by atoms with van der Waals surface area (Å²) in [5, 5.41) is 7.08. The van der Waals surface area contributed by atoms with Crippen molar-refractivity contribution in [3.05, 3.63) is 170 Å². The first-order chi connectivity index (χ1) is 22.8. The number of nitrogens with zero attached hydrogens (tertiary/aromatic N) is 2. The Kier molecular flexibility index (Phi) is 6.14. The molecule has 0 spiro atoms. The van der Waals surface area contributed by atoms with Crippen LogP contribution in [0.15, 0.2) is 175 Å². The maximum Gasteiger partial charge on any atom is 0.155 e. The lowest BCUT2D eigenvalue weighted by atomic mass is 9.97. The Bertz CT molecular complexity index is 2390. The van der Waals surface area contributed by atoms with Gasteiger partial charge in [0, 0.05) is 16.8 Å². The fraction of sp³-hybridized carbons (Fsp3) is 0. The van der Waals surface area contributed by atoms with Crippen molar-refractivity contribution in [2.75, 3.05) is 4.90 Å². The van der Waals surface area contributed by atoms with Crippen molar-refractivity contribution in [3.63, 3.8) is 0 Å². The summed E-state index contributed by atoms with van der Waals surface area (Å²) in [7, 11) is 0. The van der Waals surface area contributed by atoms with Gasteiger partial charge < -0.3 is 9.32 Å². The Labute approximate surface area is 266 Å². The lowest BCUT2D eigenvalue weighted by Gasteiger charge is -2.26. The third-order valence-electron chi connectivity index (χ3n) is 8.96. The highest BCUT2D eigenvalue weighted by Gasteiger charge is 2.20. The fourth-order valence-electron chi connectivity index (χ4n) is 6.79. The van der Waals surface area contributed by atoms with E-state index in [9.17, 15) is 0 Å². The molecule has 9 aromatic rings. The molecule has 0 saturated heterocycles. The van der Waals surface area contributed by atoms with Crippen molar-refractivity contribution < 1.29 is 4.42 Å². The van der Waals surface area contributed by atoms with E-state index < -0.39 is 0 Å². The van der Waals surface area contributed by atoms with Crippen LogP contribution in [0.4, 0.5) is 17.1 Å². The molecule has 0 saturated carbocycles. The van der Waals surface area contributed by atoms with E-state index in [2.05, 4.69) is 155 Å². The zero-order valence-electron chi connectivity index (χ0n) is 25.0. The van der Waals surface area contributed by atoms with Gasteiger partial charge in [-0.2, -0.15) is 0 Å². The van der Waals surface area contributed by atoms with E-state index in [-0.39, 0.29) is 0 Å². The Morgan fingerprint density at radius 2 is 0.913 bits per heavy atom. The summed E-state index contributed by atoms with van der Waals surface area (Å²) in [6.45, 7) is 0. The quantitative estimate of drug-likeness (QED) is 0.200. The van der Waals surface area contributed by atoms with Gasteiger partial charge in [-0.1, -0.05) is 127 Å². The number of hydrogen-bond acceptors (Lipinski definition) is 3. The molecule has 2 heterocycles. The largest absolute Gasteiger partial charge is 0.454 e. The molecule has 0 unspecified atom stereocenters. The molecular weight excluding hydrogens is 560 g/mol. The lowest BCUT2D eigenvalue weighted by Crippen LogP contribution is -2.10. The average molecular weight is 589 g/mol. The molecule has 216 valence electrons. The highest BCUT2D eigenvalue weighted by molar-refractivity contribution is 6.13. The second-order valence-electron chi connectivity index (χ2n) is 11.6. The average Bonchev–Trinajstić information content (AvgIpc) is 3.51. The Balaban J connectivity index is 1.21. The lowest BCUT2D eigenvalue weighted by molar-refractivity contribution is 0.667. The minimum absolute atomic E-state index is 0.767. The standard InChI is InChI=1S/C43H28N2O/c1-3-13-35-29(9-1)11-7-16-37(35)31-19-23-33(24-20-31)45(40-27-44-28-42-43(40)39-15-5-6-18-41(39)46-42)34-25-21-32(22-26-34)38-17-8-12-30-10-2-4-14-36(30)38/h1-28H. The predicted octanol–water partition coefficient (Wildman–Crippen LogP) is 12.1. The zero-order valence-corrected chi connectivity index (χ0v) is 25.0. The van der Waals surface area contributed by atoms with Gasteiger partial charge in [-0.05, 0) is 74.1 Å². The van der Waals surface area contributed by atoms with E-state index >= 15 is 0 Å². The minimum atomic E-state index is 0.767. The van der Waals surface area contributed by atoms with Crippen molar-refractivity contribution >= 4 is 60.5 Å². The highest BCUT2D eigenvalue weighted by atomic mass is 16.3. The Morgan fingerprint density at radius 1 is 0.413 bits per heavy atom. The van der Waals surface area contributed by atoms with Gasteiger partial charge in [0.1, 0.15) is 5.58 Å². The number of benzene rings is 7. The number of hydrogen-bond donors (Lipinski definition) is 0. The fourth-order valence-corrected chi connectivity index (χ4v) is 6.79. The van der Waals surface area contributed by atoms with Crippen molar-refractivity contribution in [1.29, 1.82) is 0 Å². The normalized spacial score (nSPS) is 11.5. The van der Waals surface area contributed by atoms with Crippen LogP contribution in [0.3, 0.4) is 0 Å². The molecule has 0 aliphatic carbocycles. The van der Waals surface area contributed by atoms with Crippen LogP contribution in [0.25, 0.3) is 65.7 Å². The molecular formula is C43H28N2O. The molecule has 7 aromatic carbocycles. The van der Waals surface area contributed by atoms with Crippen LogP contribution in [0.5, 0.6) is 0 Å². The van der Waals surface area contributed by atoms with E-state index in [4.69, 9.17) is 4.42 Å². The molecule has 46 heavy (non-hydrogen) atoms. The van der Waals surface area contributed by atoms with Gasteiger partial charge in [0.05, 0.1) is 23.5 Å². The van der Waals surface area contributed by atoms with E-state index in [0.29, 0.717) is 0 Å². The summed E-state index contributed by atoms with van der Waals surface area (Å²) < 4.78 is 6.26. The van der Waals surface area contributed by atoms with Crippen molar-refractivity contribution in [3.8, 4) is 22.3 Å². The molecule has 0 bridgehead atoms. The number of fused-ring (bicyclic) bond motifs is 5. The molecule has 0 radical (unpaired) electrons. The second-order valence-corrected chi connectivity index (χ2v) is 11.6. The molecule has 0 aliphatic heterocycles. The van der Waals surface area contributed by atoms with Gasteiger partial charge in [-0.15, -0.1) is 0 Å². The van der Waals surface area contributed by atoms with Crippen LogP contribution in [0.1, 0.15) is 0 Å². The molecule has 0 fully saturated rings. The predicted molar refractivity (Wildman–Crippen MR) is 192 cm³/mol. The molecule has 9 rings (SSSR count). The molecule has 3 heteroatoms. The summed E-state index contributed by atoms with van der Waals surface area (Å²) in [5.74, 6) is 0. The molecule has 3 nitrogen and oxygen atoms in total. The Morgan fingerprint density at radius 3 is 1.50 bits per heavy atom. The summed E-state index contributed by atoms with van der Waals surface area (Å²) in [4.78, 5) is 6.93. The monoisotopic (exact) mass is 588 g/mol. The number of furan rings is 1. The van der Waals surface area contributed by atoms with Crippen LogP contribution in [0.2, 0.25) is 0 Å². The Hall–Kier alpha value is -6.19. The zero-order chi connectivity index (χ0) is 30.5. The van der Waals surface area contributed by atoms with Crippen LogP contribution in [0, 0.1) is 0 Å². The first-order valence-electron chi connectivity index (χ1n) is 15.5. The van der Waals surface area contributed by atoms with Crippen LogP contribution < -0.4 is 4.90 Å². The van der Waals surface area contributed by atoms with Crippen LogP contribution >= 0.6 is 0 Å². The van der Waals surface area contributed by atoms with Crippen LogP contribution in [-0.2, 0) is 0 Å². The van der Waals surface area contributed by atoms with Crippen molar-refractivity contribution in [2.45, 2.75) is 0 Å². The number of anilines is 3. The third kappa shape index (κ3) is 4.33. The molecule has 0 N–H and O–H groups in total. The topological polar surface area (TPSA) is 29.3 Å². The van der Waals surface area contributed by atoms with Gasteiger partial charge in [-0.25, -0.2) is 0 Å². The van der Waals surface area contributed by atoms with Crippen molar-refractivity contribution in [1.82, 2.24) is 4.98 Å². The van der Waals surface area contributed by atoms with Gasteiger partial charge in [0.15, 0.2) is 5.58 Å². The number of pyridine rings is 1. The molecule has 0 aliphatic rings. The second kappa shape index (κ2) is 10.8. The first kappa shape index (κ1) is 26.2. The van der Waals surface area contributed by atoms with Gasteiger partial charge in [0.2, 0.25) is 0 Å². The maximum absolute atomic E-state index is 6.26. The van der Waals surface area contributed by atoms with E-state index in [1.54, 1.807) is 0 Å².